The van der Waals surface area contributed by atoms with Crippen molar-refractivity contribution in [2.45, 2.75) is 0 Å². The van der Waals surface area contributed by atoms with Gasteiger partial charge in [-0.1, -0.05) is 158 Å². The van der Waals surface area contributed by atoms with Crippen LogP contribution in [0, 0.1) is 0 Å². The van der Waals surface area contributed by atoms with E-state index in [2.05, 4.69) is 156 Å². The number of furan rings is 1. The first-order valence-corrected chi connectivity index (χ1v) is 21.9. The summed E-state index contributed by atoms with van der Waals surface area (Å²) in [5, 5.41) is 7.20. The molecule has 0 fully saturated rings. The van der Waals surface area contributed by atoms with Gasteiger partial charge in [0.1, 0.15) is 11.2 Å². The molecule has 4 aromatic heterocycles. The Labute approximate surface area is 365 Å². The van der Waals surface area contributed by atoms with Crippen LogP contribution in [0.4, 0.5) is 0 Å². The van der Waals surface area contributed by atoms with Gasteiger partial charge in [-0.25, -0.2) is 15.0 Å². The van der Waals surface area contributed by atoms with Gasteiger partial charge in [-0.05, 0) is 59.7 Å². The number of thiophene rings is 1. The lowest BCUT2D eigenvalue weighted by Gasteiger charge is -2.14. The van der Waals surface area contributed by atoms with E-state index in [9.17, 15) is 0 Å². The quantitative estimate of drug-likeness (QED) is 0.168. The summed E-state index contributed by atoms with van der Waals surface area (Å²) in [4.78, 5) is 15.2. The standard InChI is InChI=1S/C57H34N4OS/c1-2-14-35(15-3-1)55-58-56(60-57(59-55)39-30-31-43-42-21-5-8-28-50(42)62-51(43)34-39)38-18-10-16-36(32-38)37-17-11-19-40(33-37)61-49-27-7-4-20-41(49)45-23-12-24-46(53(45)61)48-26-13-25-47-44-22-6-9-29-52(44)63-54(47)48/h1-34H. The second kappa shape index (κ2) is 14.2. The van der Waals surface area contributed by atoms with Gasteiger partial charge in [-0.2, -0.15) is 0 Å². The maximum atomic E-state index is 6.28. The van der Waals surface area contributed by atoms with Crippen molar-refractivity contribution < 1.29 is 4.42 Å². The Morgan fingerprint density at radius 1 is 0.365 bits per heavy atom. The normalized spacial score (nSPS) is 11.8. The van der Waals surface area contributed by atoms with E-state index < -0.39 is 0 Å². The highest BCUT2D eigenvalue weighted by atomic mass is 32.1. The second-order valence-electron chi connectivity index (χ2n) is 15.9. The Morgan fingerprint density at radius 3 is 1.81 bits per heavy atom. The van der Waals surface area contributed by atoms with E-state index in [-0.39, 0.29) is 0 Å². The lowest BCUT2D eigenvalue weighted by atomic mass is 9.99. The van der Waals surface area contributed by atoms with E-state index in [0.717, 1.165) is 55.4 Å². The van der Waals surface area contributed by atoms with Gasteiger partial charge in [-0.3, -0.25) is 0 Å². The summed E-state index contributed by atoms with van der Waals surface area (Å²) in [6, 6.07) is 72.8. The van der Waals surface area contributed by atoms with Gasteiger partial charge >= 0.3 is 0 Å². The Hall–Kier alpha value is -8.19. The molecule has 13 aromatic rings. The minimum absolute atomic E-state index is 0.585. The van der Waals surface area contributed by atoms with Crippen LogP contribution in [0.5, 0.6) is 0 Å². The first kappa shape index (κ1) is 35.6. The van der Waals surface area contributed by atoms with Gasteiger partial charge in [0.05, 0.1) is 11.0 Å². The second-order valence-corrected chi connectivity index (χ2v) is 17.0. The van der Waals surface area contributed by atoms with Crippen LogP contribution in [0.25, 0.3) is 126 Å². The summed E-state index contributed by atoms with van der Waals surface area (Å²) in [6.07, 6.45) is 0. The van der Waals surface area contributed by atoms with Crippen molar-refractivity contribution in [3.63, 3.8) is 0 Å². The summed E-state index contributed by atoms with van der Waals surface area (Å²) < 4.78 is 11.3. The maximum absolute atomic E-state index is 6.28. The fraction of sp³-hybridized carbons (Fsp3) is 0. The van der Waals surface area contributed by atoms with Crippen LogP contribution in [0.2, 0.25) is 0 Å². The lowest BCUT2D eigenvalue weighted by Crippen LogP contribution is -2.00. The van der Waals surface area contributed by atoms with Crippen molar-refractivity contribution in [2.24, 2.45) is 0 Å². The fourth-order valence-electron chi connectivity index (χ4n) is 9.34. The van der Waals surface area contributed by atoms with Crippen molar-refractivity contribution in [3.8, 4) is 62.1 Å². The van der Waals surface area contributed by atoms with Gasteiger partial charge in [-0.15, -0.1) is 11.3 Å². The van der Waals surface area contributed by atoms with Gasteiger partial charge in [0, 0.05) is 75.2 Å². The minimum atomic E-state index is 0.585. The van der Waals surface area contributed by atoms with E-state index in [4.69, 9.17) is 19.4 Å². The molecule has 294 valence electrons. The molecule has 0 radical (unpaired) electrons. The molecule has 0 saturated carbocycles. The molecule has 6 heteroatoms. The molecule has 0 N–H and O–H groups in total. The number of aromatic nitrogens is 4. The molecule has 63 heavy (non-hydrogen) atoms. The van der Waals surface area contributed by atoms with Crippen LogP contribution in [-0.4, -0.2) is 19.5 Å². The molecular weight excluding hydrogens is 789 g/mol. The van der Waals surface area contributed by atoms with Crippen molar-refractivity contribution in [1.29, 1.82) is 0 Å². The smallest absolute Gasteiger partial charge is 0.164 e. The molecule has 0 bridgehead atoms. The fourth-order valence-corrected chi connectivity index (χ4v) is 10.6. The molecule has 0 aliphatic carbocycles. The van der Waals surface area contributed by atoms with Crippen LogP contribution in [0.1, 0.15) is 0 Å². The predicted molar refractivity (Wildman–Crippen MR) is 262 cm³/mol. The maximum Gasteiger partial charge on any atom is 0.164 e. The third-order valence-electron chi connectivity index (χ3n) is 12.3. The monoisotopic (exact) mass is 822 g/mol. The molecule has 0 spiro atoms. The first-order valence-electron chi connectivity index (χ1n) is 21.1. The van der Waals surface area contributed by atoms with Crippen molar-refractivity contribution >= 4 is 75.3 Å². The summed E-state index contributed by atoms with van der Waals surface area (Å²) in [5.74, 6) is 1.80. The van der Waals surface area contributed by atoms with Crippen LogP contribution >= 0.6 is 11.3 Å². The molecule has 9 aromatic carbocycles. The lowest BCUT2D eigenvalue weighted by molar-refractivity contribution is 0.669. The van der Waals surface area contributed by atoms with Crippen molar-refractivity contribution in [3.05, 3.63) is 206 Å². The first-order chi connectivity index (χ1) is 31.2. The molecule has 0 amide bonds. The van der Waals surface area contributed by atoms with Crippen molar-refractivity contribution in [1.82, 2.24) is 19.5 Å². The number of rotatable bonds is 6. The molecule has 4 heterocycles. The molecule has 13 rings (SSSR count). The average molecular weight is 823 g/mol. The highest BCUT2D eigenvalue weighted by Crippen LogP contribution is 2.44. The Morgan fingerprint density at radius 2 is 0.952 bits per heavy atom. The number of benzene rings is 9. The largest absolute Gasteiger partial charge is 0.456 e. The number of hydrogen-bond acceptors (Lipinski definition) is 5. The van der Waals surface area contributed by atoms with Crippen LogP contribution in [0.15, 0.2) is 211 Å². The molecule has 0 saturated heterocycles. The van der Waals surface area contributed by atoms with E-state index >= 15 is 0 Å². The zero-order chi connectivity index (χ0) is 41.4. The highest BCUT2D eigenvalue weighted by Gasteiger charge is 2.20. The molecule has 0 unspecified atom stereocenters. The highest BCUT2D eigenvalue weighted by molar-refractivity contribution is 7.26. The number of hydrogen-bond donors (Lipinski definition) is 0. The molecular formula is C57H34N4OS. The third kappa shape index (κ3) is 5.80. The van der Waals surface area contributed by atoms with Crippen LogP contribution in [0.3, 0.4) is 0 Å². The summed E-state index contributed by atoms with van der Waals surface area (Å²) in [5.41, 5.74) is 12.4. The van der Waals surface area contributed by atoms with E-state index in [1.807, 2.05) is 65.9 Å². The van der Waals surface area contributed by atoms with Gasteiger partial charge in [0.15, 0.2) is 17.5 Å². The topological polar surface area (TPSA) is 56.7 Å². The molecule has 0 aliphatic heterocycles. The van der Waals surface area contributed by atoms with Crippen LogP contribution in [-0.2, 0) is 0 Å². The molecule has 5 nitrogen and oxygen atoms in total. The average Bonchev–Trinajstić information content (AvgIpc) is 4.04. The van der Waals surface area contributed by atoms with E-state index in [0.29, 0.717) is 17.5 Å². The van der Waals surface area contributed by atoms with E-state index in [1.54, 1.807) is 0 Å². The molecule has 0 aliphatic rings. The number of fused-ring (bicyclic) bond motifs is 9. The Kier molecular flexibility index (Phi) is 8.01. The zero-order valence-electron chi connectivity index (χ0n) is 33.7. The Bertz CT molecular complexity index is 3940. The zero-order valence-corrected chi connectivity index (χ0v) is 34.6. The molecule has 0 atom stereocenters. The summed E-state index contributed by atoms with van der Waals surface area (Å²) in [7, 11) is 0. The van der Waals surface area contributed by atoms with E-state index in [1.165, 1.54) is 53.1 Å². The van der Waals surface area contributed by atoms with Gasteiger partial charge in [0.25, 0.3) is 0 Å². The number of nitrogens with zero attached hydrogens (tertiary/aromatic N) is 4. The summed E-state index contributed by atoms with van der Waals surface area (Å²) in [6.45, 7) is 0. The number of para-hydroxylation sites is 3. The predicted octanol–water partition coefficient (Wildman–Crippen LogP) is 15.6. The summed E-state index contributed by atoms with van der Waals surface area (Å²) >= 11 is 1.87. The third-order valence-corrected chi connectivity index (χ3v) is 13.5. The SMILES string of the molecule is c1ccc(-c2nc(-c3cccc(-c4cccc(-n5c6ccccc6c6cccc(-c7cccc8c7sc7ccccc78)c65)c4)c3)nc(-c3ccc4c(c3)oc3ccccc34)n2)cc1. The minimum Gasteiger partial charge on any atom is -0.456 e. The van der Waals surface area contributed by atoms with Crippen molar-refractivity contribution in [2.75, 3.05) is 0 Å². The van der Waals surface area contributed by atoms with Gasteiger partial charge < -0.3 is 8.98 Å². The Balaban J connectivity index is 0.952. The van der Waals surface area contributed by atoms with Gasteiger partial charge in [0.2, 0.25) is 0 Å². The van der Waals surface area contributed by atoms with Crippen LogP contribution < -0.4 is 0 Å².